The zero-order valence-corrected chi connectivity index (χ0v) is 11.1. The number of nitrogens with one attached hydrogen (secondary N) is 1. The molecule has 0 aliphatic rings. The molecule has 18 heavy (non-hydrogen) atoms. The first kappa shape index (κ1) is 15.1. The lowest BCUT2D eigenvalue weighted by atomic mass is 9.96. The summed E-state index contributed by atoms with van der Waals surface area (Å²) in [6.45, 7) is 3.22. The molecule has 0 aliphatic carbocycles. The van der Waals surface area contributed by atoms with Crippen molar-refractivity contribution < 1.29 is 14.9 Å². The van der Waals surface area contributed by atoms with Gasteiger partial charge in [0.05, 0.1) is 18.3 Å². The van der Waals surface area contributed by atoms with E-state index in [9.17, 15) is 10.2 Å². The Bertz CT molecular complexity index is 327. The van der Waals surface area contributed by atoms with Gasteiger partial charge < -0.3 is 20.3 Å². The van der Waals surface area contributed by atoms with Crippen LogP contribution in [0.1, 0.15) is 18.9 Å². The second-order valence-corrected chi connectivity index (χ2v) is 4.71. The van der Waals surface area contributed by atoms with Gasteiger partial charge in [0.2, 0.25) is 0 Å². The summed E-state index contributed by atoms with van der Waals surface area (Å²) in [5, 5.41) is 22.9. The van der Waals surface area contributed by atoms with Crippen LogP contribution in [0.3, 0.4) is 0 Å². The van der Waals surface area contributed by atoms with E-state index in [1.807, 2.05) is 30.3 Å². The van der Waals surface area contributed by atoms with Crippen molar-refractivity contribution in [2.75, 3.05) is 26.8 Å². The summed E-state index contributed by atoms with van der Waals surface area (Å²) in [6.07, 6.45) is 0.155. The number of ether oxygens (including phenoxy) is 1. The molecule has 2 unspecified atom stereocenters. The second-order valence-electron chi connectivity index (χ2n) is 4.71. The van der Waals surface area contributed by atoms with Crippen molar-refractivity contribution in [2.45, 2.75) is 25.0 Å². The zero-order valence-electron chi connectivity index (χ0n) is 11.1. The molecule has 0 fully saturated rings. The Morgan fingerprint density at radius 3 is 2.61 bits per heavy atom. The van der Waals surface area contributed by atoms with Gasteiger partial charge in [-0.2, -0.15) is 0 Å². The zero-order chi connectivity index (χ0) is 13.4. The minimum Gasteiger partial charge on any atom is -0.391 e. The highest BCUT2D eigenvalue weighted by Gasteiger charge is 2.21. The Morgan fingerprint density at radius 2 is 2.00 bits per heavy atom. The summed E-state index contributed by atoms with van der Waals surface area (Å²) in [5.41, 5.74) is -0.0112. The van der Waals surface area contributed by atoms with Crippen molar-refractivity contribution >= 4 is 0 Å². The first-order valence-electron chi connectivity index (χ1n) is 6.22. The first-order chi connectivity index (χ1) is 8.56. The molecule has 0 amide bonds. The number of hydrogen-bond donors (Lipinski definition) is 3. The Hall–Kier alpha value is -0.940. The summed E-state index contributed by atoms with van der Waals surface area (Å²) < 4.78 is 4.84. The van der Waals surface area contributed by atoms with Crippen LogP contribution in [0.4, 0.5) is 0 Å². The fourth-order valence-electron chi connectivity index (χ4n) is 1.78. The minimum absolute atomic E-state index is 0.344. The SMILES string of the molecule is COCC(O)CCNCC(C)(O)c1ccccc1. The van der Waals surface area contributed by atoms with Crippen LogP contribution in [0.25, 0.3) is 0 Å². The Kier molecular flexibility index (Phi) is 6.29. The molecule has 3 N–H and O–H groups in total. The molecular formula is C14H23NO3. The molecule has 4 nitrogen and oxygen atoms in total. The molecule has 0 heterocycles. The van der Waals surface area contributed by atoms with Gasteiger partial charge in [-0.3, -0.25) is 0 Å². The van der Waals surface area contributed by atoms with E-state index in [0.717, 1.165) is 5.56 Å². The molecule has 0 aromatic heterocycles. The fourth-order valence-corrected chi connectivity index (χ4v) is 1.78. The molecule has 102 valence electrons. The Balaban J connectivity index is 2.30. The Morgan fingerprint density at radius 1 is 1.33 bits per heavy atom. The van der Waals surface area contributed by atoms with Crippen LogP contribution in [0.15, 0.2) is 30.3 Å². The lowest BCUT2D eigenvalue weighted by Gasteiger charge is -2.24. The van der Waals surface area contributed by atoms with Gasteiger partial charge in [-0.25, -0.2) is 0 Å². The topological polar surface area (TPSA) is 61.7 Å². The second kappa shape index (κ2) is 7.48. The van der Waals surface area contributed by atoms with Crippen molar-refractivity contribution in [2.24, 2.45) is 0 Å². The molecular weight excluding hydrogens is 230 g/mol. The van der Waals surface area contributed by atoms with Gasteiger partial charge in [0, 0.05) is 13.7 Å². The predicted molar refractivity (Wildman–Crippen MR) is 71.4 cm³/mol. The molecule has 0 saturated carbocycles. The lowest BCUT2D eigenvalue weighted by Crippen LogP contribution is -2.36. The lowest BCUT2D eigenvalue weighted by molar-refractivity contribution is 0.0469. The van der Waals surface area contributed by atoms with Crippen molar-refractivity contribution in [1.82, 2.24) is 5.32 Å². The van der Waals surface area contributed by atoms with Crippen molar-refractivity contribution in [3.05, 3.63) is 35.9 Å². The minimum atomic E-state index is -0.895. The maximum atomic E-state index is 10.3. The molecule has 1 aromatic rings. The maximum Gasteiger partial charge on any atom is 0.0992 e. The summed E-state index contributed by atoms with van der Waals surface area (Å²) in [4.78, 5) is 0. The summed E-state index contributed by atoms with van der Waals surface area (Å²) in [6, 6.07) is 9.55. The highest BCUT2D eigenvalue weighted by atomic mass is 16.5. The molecule has 0 bridgehead atoms. The van der Waals surface area contributed by atoms with E-state index in [0.29, 0.717) is 26.1 Å². The van der Waals surface area contributed by atoms with E-state index in [2.05, 4.69) is 5.32 Å². The van der Waals surface area contributed by atoms with Gasteiger partial charge in [0.25, 0.3) is 0 Å². The third-order valence-corrected chi connectivity index (χ3v) is 2.88. The third-order valence-electron chi connectivity index (χ3n) is 2.88. The van der Waals surface area contributed by atoms with Gasteiger partial charge in [-0.15, -0.1) is 0 Å². The van der Waals surface area contributed by atoms with E-state index in [-0.39, 0.29) is 0 Å². The number of aliphatic hydroxyl groups excluding tert-OH is 1. The van der Waals surface area contributed by atoms with Gasteiger partial charge in [0.15, 0.2) is 0 Å². The molecule has 0 radical (unpaired) electrons. The van der Waals surface area contributed by atoms with Gasteiger partial charge >= 0.3 is 0 Å². The molecule has 0 saturated heterocycles. The van der Waals surface area contributed by atoms with E-state index in [1.54, 1.807) is 14.0 Å². The quantitative estimate of drug-likeness (QED) is 0.602. The van der Waals surface area contributed by atoms with E-state index < -0.39 is 11.7 Å². The number of benzene rings is 1. The molecule has 0 aliphatic heterocycles. The van der Waals surface area contributed by atoms with E-state index in [1.165, 1.54) is 0 Å². The highest BCUT2D eigenvalue weighted by Crippen LogP contribution is 2.18. The highest BCUT2D eigenvalue weighted by molar-refractivity contribution is 5.21. The van der Waals surface area contributed by atoms with Gasteiger partial charge in [0.1, 0.15) is 0 Å². The monoisotopic (exact) mass is 253 g/mol. The first-order valence-corrected chi connectivity index (χ1v) is 6.22. The van der Waals surface area contributed by atoms with E-state index in [4.69, 9.17) is 4.74 Å². The number of rotatable bonds is 8. The molecule has 1 rings (SSSR count). The molecule has 1 aromatic carbocycles. The summed E-state index contributed by atoms with van der Waals surface area (Å²) in [7, 11) is 1.57. The Labute approximate surface area is 109 Å². The van der Waals surface area contributed by atoms with Crippen LogP contribution in [0.5, 0.6) is 0 Å². The van der Waals surface area contributed by atoms with Crippen molar-refractivity contribution in [3.8, 4) is 0 Å². The predicted octanol–water partition coefficient (Wildman–Crippen LogP) is 0.881. The average molecular weight is 253 g/mol. The number of hydrogen-bond acceptors (Lipinski definition) is 4. The van der Waals surface area contributed by atoms with Crippen molar-refractivity contribution in [1.29, 1.82) is 0 Å². The largest absolute Gasteiger partial charge is 0.391 e. The summed E-state index contributed by atoms with van der Waals surface area (Å²) >= 11 is 0. The normalized spacial score (nSPS) is 16.2. The van der Waals surface area contributed by atoms with Crippen LogP contribution in [-0.4, -0.2) is 43.1 Å². The van der Waals surface area contributed by atoms with Crippen LogP contribution in [-0.2, 0) is 10.3 Å². The molecule has 2 atom stereocenters. The molecule has 0 spiro atoms. The van der Waals surface area contributed by atoms with Crippen LogP contribution in [0, 0.1) is 0 Å². The van der Waals surface area contributed by atoms with Crippen LogP contribution < -0.4 is 5.32 Å². The average Bonchev–Trinajstić information content (AvgIpc) is 2.36. The van der Waals surface area contributed by atoms with Crippen LogP contribution >= 0.6 is 0 Å². The molecule has 4 heteroatoms. The standard InChI is InChI=1S/C14H23NO3/c1-14(17,12-6-4-3-5-7-12)11-15-9-8-13(16)10-18-2/h3-7,13,15-17H,8-11H2,1-2H3. The van der Waals surface area contributed by atoms with Gasteiger partial charge in [-0.1, -0.05) is 30.3 Å². The van der Waals surface area contributed by atoms with E-state index >= 15 is 0 Å². The fraction of sp³-hybridized carbons (Fsp3) is 0.571. The third kappa shape index (κ3) is 5.14. The van der Waals surface area contributed by atoms with Crippen LogP contribution in [0.2, 0.25) is 0 Å². The van der Waals surface area contributed by atoms with Crippen molar-refractivity contribution in [3.63, 3.8) is 0 Å². The smallest absolute Gasteiger partial charge is 0.0992 e. The number of aliphatic hydroxyl groups is 2. The maximum absolute atomic E-state index is 10.3. The number of methoxy groups -OCH3 is 1. The van der Waals surface area contributed by atoms with Gasteiger partial charge in [-0.05, 0) is 25.5 Å². The summed E-state index contributed by atoms with van der Waals surface area (Å²) in [5.74, 6) is 0.